The van der Waals surface area contributed by atoms with Crippen LogP contribution in [0.15, 0.2) is 30.5 Å². The number of hydrogen-bond donors (Lipinski definition) is 1. The fourth-order valence-corrected chi connectivity index (χ4v) is 2.06. The van der Waals surface area contributed by atoms with Crippen molar-refractivity contribution < 1.29 is 4.79 Å². The van der Waals surface area contributed by atoms with Gasteiger partial charge in [0.2, 0.25) is 5.91 Å². The number of aromatic nitrogens is 1. The van der Waals surface area contributed by atoms with Gasteiger partial charge in [0, 0.05) is 24.0 Å². The van der Waals surface area contributed by atoms with E-state index < -0.39 is 0 Å². The second-order valence-corrected chi connectivity index (χ2v) is 4.71. The zero-order chi connectivity index (χ0) is 13.3. The van der Waals surface area contributed by atoms with Crippen molar-refractivity contribution in [1.82, 2.24) is 4.57 Å². The predicted molar refractivity (Wildman–Crippen MR) is 72.7 cm³/mol. The van der Waals surface area contributed by atoms with Crippen LogP contribution in [0.4, 0.5) is 0 Å². The number of hydrogen-bond acceptors (Lipinski definition) is 1. The zero-order valence-electron chi connectivity index (χ0n) is 11.0. The highest BCUT2D eigenvalue weighted by Crippen LogP contribution is 2.16. The first-order valence-corrected chi connectivity index (χ1v) is 6.00. The molecule has 1 amide bonds. The molecule has 2 N–H and O–H groups in total. The van der Waals surface area contributed by atoms with E-state index in [4.69, 9.17) is 5.73 Å². The molecule has 0 atom stereocenters. The number of nitrogens with two attached hydrogens (primary N) is 1. The van der Waals surface area contributed by atoms with E-state index in [0.29, 0.717) is 5.56 Å². The summed E-state index contributed by atoms with van der Waals surface area (Å²) in [4.78, 5) is 11.0. The standard InChI is InChI=1S/C15H18N2O/c1-10-8-17(12(3)11(10)2)9-13-4-6-14(7-5-13)15(16)18/h4-8H,9H2,1-3H3,(H2,16,18). The molecule has 0 radical (unpaired) electrons. The Balaban J connectivity index is 2.23. The predicted octanol–water partition coefficient (Wildman–Crippen LogP) is 2.56. The Labute approximate surface area is 107 Å². The molecular formula is C15H18N2O. The highest BCUT2D eigenvalue weighted by molar-refractivity contribution is 5.92. The average molecular weight is 242 g/mol. The Hall–Kier alpha value is -2.03. The normalized spacial score (nSPS) is 10.6. The first kappa shape index (κ1) is 12.4. The second kappa shape index (κ2) is 4.69. The van der Waals surface area contributed by atoms with Crippen molar-refractivity contribution >= 4 is 5.91 Å². The van der Waals surface area contributed by atoms with Crippen LogP contribution in [-0.2, 0) is 6.54 Å². The summed E-state index contributed by atoms with van der Waals surface area (Å²) >= 11 is 0. The van der Waals surface area contributed by atoms with Gasteiger partial charge in [0.1, 0.15) is 0 Å². The van der Waals surface area contributed by atoms with Crippen LogP contribution >= 0.6 is 0 Å². The number of rotatable bonds is 3. The van der Waals surface area contributed by atoms with Crippen molar-refractivity contribution in [1.29, 1.82) is 0 Å². The van der Waals surface area contributed by atoms with Gasteiger partial charge >= 0.3 is 0 Å². The molecule has 1 aromatic heterocycles. The summed E-state index contributed by atoms with van der Waals surface area (Å²) in [7, 11) is 0. The molecule has 0 aliphatic heterocycles. The first-order valence-electron chi connectivity index (χ1n) is 6.00. The molecule has 0 bridgehead atoms. The van der Waals surface area contributed by atoms with Gasteiger partial charge in [-0.25, -0.2) is 0 Å². The number of carbonyl (C=O) groups is 1. The van der Waals surface area contributed by atoms with E-state index in [2.05, 4.69) is 31.5 Å². The Morgan fingerprint density at radius 2 is 1.78 bits per heavy atom. The minimum atomic E-state index is -0.384. The minimum absolute atomic E-state index is 0.384. The maximum absolute atomic E-state index is 11.0. The monoisotopic (exact) mass is 242 g/mol. The zero-order valence-corrected chi connectivity index (χ0v) is 11.0. The summed E-state index contributed by atoms with van der Waals surface area (Å²) in [6, 6.07) is 7.45. The van der Waals surface area contributed by atoms with E-state index in [1.54, 1.807) is 12.1 Å². The molecule has 0 spiro atoms. The molecule has 0 aliphatic carbocycles. The molecule has 2 rings (SSSR count). The van der Waals surface area contributed by atoms with Crippen LogP contribution in [0.25, 0.3) is 0 Å². The summed E-state index contributed by atoms with van der Waals surface area (Å²) in [6.45, 7) is 7.20. The maximum Gasteiger partial charge on any atom is 0.248 e. The SMILES string of the molecule is Cc1cn(Cc2ccc(C(N)=O)cc2)c(C)c1C. The summed E-state index contributed by atoms with van der Waals surface area (Å²) in [5.41, 5.74) is 10.9. The molecular weight excluding hydrogens is 224 g/mol. The number of nitrogens with zero attached hydrogens (tertiary/aromatic N) is 1. The molecule has 1 aromatic carbocycles. The van der Waals surface area contributed by atoms with E-state index in [1.165, 1.54) is 16.8 Å². The third-order valence-corrected chi connectivity index (χ3v) is 3.51. The lowest BCUT2D eigenvalue weighted by Crippen LogP contribution is -2.10. The van der Waals surface area contributed by atoms with Crippen molar-refractivity contribution in [3.05, 3.63) is 58.4 Å². The smallest absolute Gasteiger partial charge is 0.248 e. The minimum Gasteiger partial charge on any atom is -0.366 e. The van der Waals surface area contributed by atoms with Gasteiger partial charge in [0.15, 0.2) is 0 Å². The lowest BCUT2D eigenvalue weighted by molar-refractivity contribution is 0.100. The molecule has 3 nitrogen and oxygen atoms in total. The van der Waals surface area contributed by atoms with Crippen molar-refractivity contribution in [3.8, 4) is 0 Å². The highest BCUT2D eigenvalue weighted by atomic mass is 16.1. The number of primary amides is 1. The molecule has 18 heavy (non-hydrogen) atoms. The molecule has 0 unspecified atom stereocenters. The van der Waals surface area contributed by atoms with Crippen molar-refractivity contribution in [2.45, 2.75) is 27.3 Å². The second-order valence-electron chi connectivity index (χ2n) is 4.71. The maximum atomic E-state index is 11.0. The topological polar surface area (TPSA) is 48.0 Å². The van der Waals surface area contributed by atoms with Crippen LogP contribution in [0.1, 0.15) is 32.7 Å². The molecule has 0 aliphatic rings. The Morgan fingerprint density at radius 1 is 1.17 bits per heavy atom. The largest absolute Gasteiger partial charge is 0.366 e. The summed E-state index contributed by atoms with van der Waals surface area (Å²) in [6.07, 6.45) is 2.16. The molecule has 94 valence electrons. The summed E-state index contributed by atoms with van der Waals surface area (Å²) in [5, 5.41) is 0. The third-order valence-electron chi connectivity index (χ3n) is 3.51. The third kappa shape index (κ3) is 2.30. The van der Waals surface area contributed by atoms with Crippen LogP contribution < -0.4 is 5.73 Å². The summed E-state index contributed by atoms with van der Waals surface area (Å²) < 4.78 is 2.23. The molecule has 2 aromatic rings. The highest BCUT2D eigenvalue weighted by Gasteiger charge is 2.06. The average Bonchev–Trinajstić information content (AvgIpc) is 2.58. The van der Waals surface area contributed by atoms with Gasteiger partial charge in [-0.2, -0.15) is 0 Å². The lowest BCUT2D eigenvalue weighted by atomic mass is 10.1. The van der Waals surface area contributed by atoms with Gasteiger partial charge in [0.05, 0.1) is 0 Å². The van der Waals surface area contributed by atoms with Crippen molar-refractivity contribution in [2.75, 3.05) is 0 Å². The Kier molecular flexibility index (Phi) is 3.24. The van der Waals surface area contributed by atoms with Crippen LogP contribution in [0.5, 0.6) is 0 Å². The Bertz CT molecular complexity index is 579. The van der Waals surface area contributed by atoms with Gasteiger partial charge < -0.3 is 10.3 Å². The number of aryl methyl sites for hydroxylation is 1. The molecule has 0 saturated heterocycles. The van der Waals surface area contributed by atoms with Gasteiger partial charge in [0.25, 0.3) is 0 Å². The van der Waals surface area contributed by atoms with Gasteiger partial charge in [-0.15, -0.1) is 0 Å². The number of benzene rings is 1. The fourth-order valence-electron chi connectivity index (χ4n) is 2.06. The van der Waals surface area contributed by atoms with E-state index in [9.17, 15) is 4.79 Å². The fraction of sp³-hybridized carbons (Fsp3) is 0.267. The van der Waals surface area contributed by atoms with Gasteiger partial charge in [-0.1, -0.05) is 12.1 Å². The molecule has 0 fully saturated rings. The molecule has 0 saturated carbocycles. The van der Waals surface area contributed by atoms with Crippen molar-refractivity contribution in [3.63, 3.8) is 0 Å². The van der Waals surface area contributed by atoms with E-state index in [1.807, 2.05) is 12.1 Å². The lowest BCUT2D eigenvalue weighted by Gasteiger charge is -2.07. The Morgan fingerprint density at radius 3 is 2.22 bits per heavy atom. The van der Waals surface area contributed by atoms with Crippen LogP contribution in [0.3, 0.4) is 0 Å². The van der Waals surface area contributed by atoms with E-state index in [-0.39, 0.29) is 5.91 Å². The van der Waals surface area contributed by atoms with E-state index in [0.717, 1.165) is 12.1 Å². The quantitative estimate of drug-likeness (QED) is 0.883. The molecule has 3 heteroatoms. The van der Waals surface area contributed by atoms with Gasteiger partial charge in [-0.3, -0.25) is 4.79 Å². The molecule has 1 heterocycles. The van der Waals surface area contributed by atoms with Crippen molar-refractivity contribution in [2.24, 2.45) is 5.73 Å². The first-order chi connectivity index (χ1) is 8.49. The number of carbonyl (C=O) groups excluding carboxylic acids is 1. The van der Waals surface area contributed by atoms with Gasteiger partial charge in [-0.05, 0) is 49.6 Å². The number of amides is 1. The van der Waals surface area contributed by atoms with Crippen LogP contribution in [0, 0.1) is 20.8 Å². The van der Waals surface area contributed by atoms with E-state index >= 15 is 0 Å². The van der Waals surface area contributed by atoms with Crippen LogP contribution in [0.2, 0.25) is 0 Å². The summed E-state index contributed by atoms with van der Waals surface area (Å²) in [5.74, 6) is -0.384. The van der Waals surface area contributed by atoms with Crippen LogP contribution in [-0.4, -0.2) is 10.5 Å².